The molecular weight excluding hydrogens is 568 g/mol. The van der Waals surface area contributed by atoms with Gasteiger partial charge < -0.3 is 24.8 Å². The number of nitrogens with one attached hydrogen (secondary N) is 1. The highest BCUT2D eigenvalue weighted by molar-refractivity contribution is 6.06. The maximum absolute atomic E-state index is 14.1. The molecule has 0 bridgehead atoms. The second-order valence-corrected chi connectivity index (χ2v) is 11.0. The topological polar surface area (TPSA) is 105 Å². The van der Waals surface area contributed by atoms with E-state index in [2.05, 4.69) is 17.4 Å². The van der Waals surface area contributed by atoms with Crippen LogP contribution in [0.5, 0.6) is 11.5 Å². The third kappa shape index (κ3) is 7.34. The van der Waals surface area contributed by atoms with Gasteiger partial charge in [0.05, 0.1) is 26.2 Å². The number of carbonyl (C=O) groups is 3. The summed E-state index contributed by atoms with van der Waals surface area (Å²) in [6, 6.07) is 28.2. The summed E-state index contributed by atoms with van der Waals surface area (Å²) in [7, 11) is 1.58. The second kappa shape index (κ2) is 14.6. The Hall–Kier alpha value is -5.11. The molecule has 1 atom stereocenters. The third-order valence-corrected chi connectivity index (χ3v) is 8.14. The summed E-state index contributed by atoms with van der Waals surface area (Å²) in [5.41, 5.74) is 5.43. The molecule has 4 aromatic rings. The molecule has 1 unspecified atom stereocenters. The maximum atomic E-state index is 14.1. The van der Waals surface area contributed by atoms with Crippen molar-refractivity contribution in [2.75, 3.05) is 26.8 Å². The molecule has 1 aliphatic rings. The minimum Gasteiger partial charge on any atom is -0.493 e. The van der Waals surface area contributed by atoms with E-state index in [1.807, 2.05) is 67.6 Å². The highest BCUT2D eigenvalue weighted by Gasteiger charge is 2.26. The van der Waals surface area contributed by atoms with E-state index in [1.165, 1.54) is 5.56 Å². The van der Waals surface area contributed by atoms with Crippen LogP contribution in [0.25, 0.3) is 11.1 Å². The zero-order chi connectivity index (χ0) is 31.8. The number of carbonyl (C=O) groups excluding carboxylic acids is 2. The van der Waals surface area contributed by atoms with E-state index >= 15 is 0 Å². The van der Waals surface area contributed by atoms with Crippen LogP contribution in [-0.2, 0) is 17.6 Å². The fourth-order valence-electron chi connectivity index (χ4n) is 5.89. The Morgan fingerprint density at radius 1 is 0.867 bits per heavy atom. The summed E-state index contributed by atoms with van der Waals surface area (Å²) in [6.45, 7) is 2.74. The van der Waals surface area contributed by atoms with Crippen molar-refractivity contribution in [1.29, 1.82) is 0 Å². The Kier molecular flexibility index (Phi) is 10.1. The van der Waals surface area contributed by atoms with Crippen molar-refractivity contribution in [3.8, 4) is 22.6 Å². The lowest BCUT2D eigenvalue weighted by molar-refractivity contribution is -0.137. The predicted molar refractivity (Wildman–Crippen MR) is 173 cm³/mol. The van der Waals surface area contributed by atoms with Crippen molar-refractivity contribution in [2.24, 2.45) is 0 Å². The first kappa shape index (κ1) is 31.3. The summed E-state index contributed by atoms with van der Waals surface area (Å²) >= 11 is 0. The van der Waals surface area contributed by atoms with E-state index < -0.39 is 5.97 Å². The minimum atomic E-state index is -0.987. The fourth-order valence-corrected chi connectivity index (χ4v) is 5.89. The zero-order valence-electron chi connectivity index (χ0n) is 25.6. The number of hydrogen-bond acceptors (Lipinski definition) is 5. The SMILES string of the molecule is CCOc1ccc(CCN(CCC(=O)O)C(=O)c2ccccc2-c2ccccc2C(=O)NC2CCc3ccccc32)cc1OC. The number of carboxylic acids is 1. The molecule has 0 radical (unpaired) electrons. The third-order valence-electron chi connectivity index (χ3n) is 8.14. The zero-order valence-corrected chi connectivity index (χ0v) is 25.6. The lowest BCUT2D eigenvalue weighted by atomic mass is 9.94. The van der Waals surface area contributed by atoms with E-state index in [0.717, 1.165) is 24.0 Å². The van der Waals surface area contributed by atoms with E-state index in [9.17, 15) is 19.5 Å². The number of aliphatic carboxylic acids is 1. The highest BCUT2D eigenvalue weighted by atomic mass is 16.5. The van der Waals surface area contributed by atoms with Crippen LogP contribution >= 0.6 is 0 Å². The first-order chi connectivity index (χ1) is 21.9. The molecule has 4 aromatic carbocycles. The van der Waals surface area contributed by atoms with Crippen LogP contribution in [0.15, 0.2) is 91.0 Å². The lowest BCUT2D eigenvalue weighted by Crippen LogP contribution is -2.35. The Labute approximate surface area is 263 Å². The Bertz CT molecular complexity index is 1680. The van der Waals surface area contributed by atoms with Crippen LogP contribution in [-0.4, -0.2) is 54.6 Å². The summed E-state index contributed by atoms with van der Waals surface area (Å²) in [5, 5.41) is 12.7. The summed E-state index contributed by atoms with van der Waals surface area (Å²) in [4.78, 5) is 40.9. The number of ether oxygens (including phenoxy) is 2. The molecule has 0 heterocycles. The number of methoxy groups -OCH3 is 1. The number of nitrogens with zero attached hydrogens (tertiary/aromatic N) is 1. The van der Waals surface area contributed by atoms with Crippen molar-refractivity contribution in [1.82, 2.24) is 10.2 Å². The molecule has 45 heavy (non-hydrogen) atoms. The van der Waals surface area contributed by atoms with Gasteiger partial charge in [0.15, 0.2) is 11.5 Å². The van der Waals surface area contributed by atoms with Gasteiger partial charge in [-0.3, -0.25) is 14.4 Å². The van der Waals surface area contributed by atoms with Crippen LogP contribution in [0, 0.1) is 0 Å². The quantitative estimate of drug-likeness (QED) is 0.184. The number of hydrogen-bond donors (Lipinski definition) is 2. The monoisotopic (exact) mass is 606 g/mol. The Morgan fingerprint density at radius 3 is 2.29 bits per heavy atom. The molecule has 8 nitrogen and oxygen atoms in total. The molecule has 0 saturated carbocycles. The van der Waals surface area contributed by atoms with Crippen LogP contribution in [0.4, 0.5) is 0 Å². The molecule has 5 rings (SSSR count). The van der Waals surface area contributed by atoms with Gasteiger partial charge in [-0.25, -0.2) is 0 Å². The van der Waals surface area contributed by atoms with Gasteiger partial charge in [0.2, 0.25) is 0 Å². The Morgan fingerprint density at radius 2 is 1.56 bits per heavy atom. The number of aryl methyl sites for hydroxylation is 1. The highest BCUT2D eigenvalue weighted by Crippen LogP contribution is 2.33. The standard InChI is InChI=1S/C37H38N2O6/c1-3-45-33-19-16-25(24-34(33)44-2)20-22-39(23-21-35(40)41)37(43)31-15-9-7-13-29(31)28-12-6-8-14-30(28)36(42)38-32-18-17-26-10-4-5-11-27(26)32/h4-16,19,24,32H,3,17-18,20-23H2,1-2H3,(H,38,42)(H,40,41). The predicted octanol–water partition coefficient (Wildman–Crippen LogP) is 6.34. The van der Waals surface area contributed by atoms with E-state index in [4.69, 9.17) is 9.47 Å². The number of amides is 2. The summed E-state index contributed by atoms with van der Waals surface area (Å²) < 4.78 is 11.1. The Balaban J connectivity index is 1.40. The molecule has 0 aliphatic heterocycles. The van der Waals surface area contributed by atoms with Gasteiger partial charge in [-0.05, 0) is 78.3 Å². The largest absolute Gasteiger partial charge is 0.493 e. The molecule has 0 aromatic heterocycles. The summed E-state index contributed by atoms with van der Waals surface area (Å²) in [6.07, 6.45) is 2.04. The van der Waals surface area contributed by atoms with E-state index in [0.29, 0.717) is 53.3 Å². The summed E-state index contributed by atoms with van der Waals surface area (Å²) in [5.74, 6) is -0.263. The first-order valence-electron chi connectivity index (χ1n) is 15.3. The molecule has 0 spiro atoms. The second-order valence-electron chi connectivity index (χ2n) is 11.0. The number of benzene rings is 4. The van der Waals surface area contributed by atoms with Gasteiger partial charge in [0.25, 0.3) is 11.8 Å². The van der Waals surface area contributed by atoms with Gasteiger partial charge in [0, 0.05) is 24.2 Å². The van der Waals surface area contributed by atoms with E-state index in [1.54, 1.807) is 30.2 Å². The van der Waals surface area contributed by atoms with Gasteiger partial charge in [0.1, 0.15) is 0 Å². The first-order valence-corrected chi connectivity index (χ1v) is 15.3. The van der Waals surface area contributed by atoms with Crippen molar-refractivity contribution in [3.05, 3.63) is 119 Å². The molecule has 2 amide bonds. The molecule has 0 fully saturated rings. The van der Waals surface area contributed by atoms with Gasteiger partial charge in [-0.2, -0.15) is 0 Å². The van der Waals surface area contributed by atoms with Gasteiger partial charge in [-0.1, -0.05) is 66.7 Å². The number of rotatable bonds is 13. The molecule has 0 saturated heterocycles. The van der Waals surface area contributed by atoms with Crippen LogP contribution in [0.1, 0.15) is 63.2 Å². The van der Waals surface area contributed by atoms with Crippen molar-refractivity contribution >= 4 is 17.8 Å². The van der Waals surface area contributed by atoms with Gasteiger partial charge >= 0.3 is 5.97 Å². The van der Waals surface area contributed by atoms with Crippen LogP contribution < -0.4 is 14.8 Å². The van der Waals surface area contributed by atoms with Crippen molar-refractivity contribution in [2.45, 2.75) is 38.6 Å². The average molecular weight is 607 g/mol. The van der Waals surface area contributed by atoms with Crippen LogP contribution in [0.3, 0.4) is 0 Å². The van der Waals surface area contributed by atoms with Gasteiger partial charge in [-0.15, -0.1) is 0 Å². The average Bonchev–Trinajstić information content (AvgIpc) is 3.47. The molecule has 2 N–H and O–H groups in total. The fraction of sp³-hybridized carbons (Fsp3) is 0.270. The normalized spacial score (nSPS) is 13.5. The molecule has 232 valence electrons. The molecular formula is C37H38N2O6. The number of carboxylic acid groups (broad SMARTS) is 1. The maximum Gasteiger partial charge on any atom is 0.305 e. The smallest absolute Gasteiger partial charge is 0.305 e. The van der Waals surface area contributed by atoms with Crippen molar-refractivity contribution in [3.63, 3.8) is 0 Å². The van der Waals surface area contributed by atoms with Crippen LogP contribution in [0.2, 0.25) is 0 Å². The number of fused-ring (bicyclic) bond motifs is 1. The minimum absolute atomic E-state index is 0.0416. The molecule has 1 aliphatic carbocycles. The van der Waals surface area contributed by atoms with Crippen molar-refractivity contribution < 1.29 is 29.0 Å². The molecule has 8 heteroatoms. The lowest BCUT2D eigenvalue weighted by Gasteiger charge is -2.24. The van der Waals surface area contributed by atoms with E-state index in [-0.39, 0.29) is 30.8 Å².